The quantitative estimate of drug-likeness (QED) is 0.779. The van der Waals surface area contributed by atoms with Crippen LogP contribution in [0.4, 0.5) is 0 Å². The smallest absolute Gasteiger partial charge is 0.243 e. The molecule has 1 aliphatic carbocycles. The standard InChI is InChI=1S/C11H19N3O/c1-3-6-12-8(2)11-13-10(14-15-11)7-9-4-5-9/h8-9,12H,3-7H2,1-2H3. The van der Waals surface area contributed by atoms with E-state index in [0.29, 0.717) is 0 Å². The predicted octanol–water partition coefficient (Wildman–Crippen LogP) is 2.08. The summed E-state index contributed by atoms with van der Waals surface area (Å²) < 4.78 is 5.23. The fourth-order valence-electron chi connectivity index (χ4n) is 1.55. The van der Waals surface area contributed by atoms with Gasteiger partial charge in [0, 0.05) is 6.42 Å². The van der Waals surface area contributed by atoms with E-state index in [0.717, 1.165) is 37.0 Å². The Labute approximate surface area is 90.4 Å². The molecule has 1 unspecified atom stereocenters. The van der Waals surface area contributed by atoms with Gasteiger partial charge in [0.05, 0.1) is 6.04 Å². The van der Waals surface area contributed by atoms with Gasteiger partial charge in [-0.15, -0.1) is 0 Å². The summed E-state index contributed by atoms with van der Waals surface area (Å²) in [6.07, 6.45) is 4.76. The van der Waals surface area contributed by atoms with Crippen LogP contribution in [-0.2, 0) is 6.42 Å². The van der Waals surface area contributed by atoms with Crippen LogP contribution in [0.1, 0.15) is 50.9 Å². The van der Waals surface area contributed by atoms with Gasteiger partial charge in [-0.1, -0.05) is 12.1 Å². The molecule has 0 aliphatic heterocycles. The molecule has 1 heterocycles. The minimum absolute atomic E-state index is 0.172. The van der Waals surface area contributed by atoms with Crippen LogP contribution in [0.2, 0.25) is 0 Å². The first-order valence-corrected chi connectivity index (χ1v) is 5.85. The van der Waals surface area contributed by atoms with Gasteiger partial charge in [-0.3, -0.25) is 0 Å². The summed E-state index contributed by atoms with van der Waals surface area (Å²) in [6, 6.07) is 0.172. The lowest BCUT2D eigenvalue weighted by atomic mass is 10.3. The van der Waals surface area contributed by atoms with Crippen molar-refractivity contribution in [2.75, 3.05) is 6.54 Å². The van der Waals surface area contributed by atoms with Gasteiger partial charge in [0.25, 0.3) is 0 Å². The van der Waals surface area contributed by atoms with Gasteiger partial charge >= 0.3 is 0 Å². The Morgan fingerprint density at radius 1 is 1.53 bits per heavy atom. The van der Waals surface area contributed by atoms with E-state index in [4.69, 9.17) is 4.52 Å². The summed E-state index contributed by atoms with van der Waals surface area (Å²) >= 11 is 0. The van der Waals surface area contributed by atoms with Gasteiger partial charge in [-0.05, 0) is 38.6 Å². The van der Waals surface area contributed by atoms with Crippen molar-refractivity contribution >= 4 is 0 Å². The Morgan fingerprint density at radius 2 is 2.33 bits per heavy atom. The normalized spacial score (nSPS) is 18.0. The highest BCUT2D eigenvalue weighted by Gasteiger charge is 2.24. The van der Waals surface area contributed by atoms with Crippen molar-refractivity contribution in [1.82, 2.24) is 15.5 Å². The molecule has 0 radical (unpaired) electrons. The predicted molar refractivity (Wildman–Crippen MR) is 57.4 cm³/mol. The van der Waals surface area contributed by atoms with E-state index >= 15 is 0 Å². The first-order chi connectivity index (χ1) is 7.29. The highest BCUT2D eigenvalue weighted by Crippen LogP contribution is 2.31. The zero-order chi connectivity index (χ0) is 10.7. The lowest BCUT2D eigenvalue weighted by molar-refractivity contribution is 0.336. The molecule has 1 aliphatic rings. The van der Waals surface area contributed by atoms with E-state index in [2.05, 4.69) is 29.3 Å². The first-order valence-electron chi connectivity index (χ1n) is 5.85. The van der Waals surface area contributed by atoms with Gasteiger partial charge < -0.3 is 9.84 Å². The number of nitrogens with one attached hydrogen (secondary N) is 1. The van der Waals surface area contributed by atoms with Crippen molar-refractivity contribution in [2.24, 2.45) is 5.92 Å². The molecule has 0 spiro atoms. The molecule has 0 amide bonds. The fourth-order valence-corrected chi connectivity index (χ4v) is 1.55. The minimum Gasteiger partial charge on any atom is -0.338 e. The molecule has 4 nitrogen and oxygen atoms in total. The molecule has 0 bridgehead atoms. The summed E-state index contributed by atoms with van der Waals surface area (Å²) in [5.41, 5.74) is 0. The summed E-state index contributed by atoms with van der Waals surface area (Å²) in [7, 11) is 0. The average Bonchev–Trinajstić information content (AvgIpc) is 2.91. The van der Waals surface area contributed by atoms with Crippen molar-refractivity contribution in [3.8, 4) is 0 Å². The number of hydrogen-bond donors (Lipinski definition) is 1. The van der Waals surface area contributed by atoms with Crippen molar-refractivity contribution in [1.29, 1.82) is 0 Å². The molecule has 4 heteroatoms. The Morgan fingerprint density at radius 3 is 3.00 bits per heavy atom. The molecule has 2 rings (SSSR count). The second-order valence-corrected chi connectivity index (χ2v) is 4.37. The van der Waals surface area contributed by atoms with Crippen molar-refractivity contribution < 1.29 is 4.52 Å². The highest BCUT2D eigenvalue weighted by atomic mass is 16.5. The lowest BCUT2D eigenvalue weighted by Crippen LogP contribution is -2.19. The molecule has 1 saturated carbocycles. The van der Waals surface area contributed by atoms with Crippen molar-refractivity contribution in [2.45, 2.75) is 45.6 Å². The number of aromatic nitrogens is 2. The molecular formula is C11H19N3O. The van der Waals surface area contributed by atoms with E-state index in [1.54, 1.807) is 0 Å². The number of nitrogens with zero attached hydrogens (tertiary/aromatic N) is 2. The maximum Gasteiger partial charge on any atom is 0.243 e. The van der Waals surface area contributed by atoms with Crippen LogP contribution >= 0.6 is 0 Å². The van der Waals surface area contributed by atoms with Crippen molar-refractivity contribution in [3.63, 3.8) is 0 Å². The summed E-state index contributed by atoms with van der Waals surface area (Å²) in [5, 5.41) is 7.33. The zero-order valence-electron chi connectivity index (χ0n) is 9.49. The van der Waals surface area contributed by atoms with Gasteiger partial charge in [0.1, 0.15) is 0 Å². The van der Waals surface area contributed by atoms with Gasteiger partial charge in [0.2, 0.25) is 5.89 Å². The maximum atomic E-state index is 5.23. The molecular weight excluding hydrogens is 190 g/mol. The molecule has 1 aromatic heterocycles. The third-order valence-electron chi connectivity index (χ3n) is 2.72. The zero-order valence-corrected chi connectivity index (χ0v) is 9.49. The second-order valence-electron chi connectivity index (χ2n) is 4.37. The summed E-state index contributed by atoms with van der Waals surface area (Å²) in [4.78, 5) is 4.40. The topological polar surface area (TPSA) is 51.0 Å². The third-order valence-corrected chi connectivity index (χ3v) is 2.72. The Kier molecular flexibility index (Phi) is 3.36. The second kappa shape index (κ2) is 4.75. The molecule has 0 saturated heterocycles. The molecule has 1 fully saturated rings. The molecule has 1 aromatic rings. The van der Waals surface area contributed by atoms with Gasteiger partial charge in [-0.2, -0.15) is 4.98 Å². The maximum absolute atomic E-state index is 5.23. The van der Waals surface area contributed by atoms with Crippen LogP contribution in [0.3, 0.4) is 0 Å². The third kappa shape index (κ3) is 3.02. The lowest BCUT2D eigenvalue weighted by Gasteiger charge is -2.06. The van der Waals surface area contributed by atoms with Crippen LogP contribution in [0.25, 0.3) is 0 Å². The number of hydrogen-bond acceptors (Lipinski definition) is 4. The van der Waals surface area contributed by atoms with Crippen LogP contribution in [0, 0.1) is 5.92 Å². The van der Waals surface area contributed by atoms with Crippen LogP contribution in [-0.4, -0.2) is 16.7 Å². The summed E-state index contributed by atoms with van der Waals surface area (Å²) in [6.45, 7) is 5.19. The molecule has 0 aromatic carbocycles. The largest absolute Gasteiger partial charge is 0.338 e. The van der Waals surface area contributed by atoms with E-state index < -0.39 is 0 Å². The Balaban J connectivity index is 1.86. The van der Waals surface area contributed by atoms with Crippen LogP contribution in [0.15, 0.2) is 4.52 Å². The molecule has 15 heavy (non-hydrogen) atoms. The molecule has 1 N–H and O–H groups in total. The van der Waals surface area contributed by atoms with Crippen LogP contribution in [0.5, 0.6) is 0 Å². The van der Waals surface area contributed by atoms with Crippen LogP contribution < -0.4 is 5.32 Å². The fraction of sp³-hybridized carbons (Fsp3) is 0.818. The van der Waals surface area contributed by atoms with Gasteiger partial charge in [0.15, 0.2) is 5.82 Å². The number of rotatable bonds is 6. The average molecular weight is 209 g/mol. The first kappa shape index (κ1) is 10.6. The van der Waals surface area contributed by atoms with Crippen molar-refractivity contribution in [3.05, 3.63) is 11.7 Å². The molecule has 84 valence electrons. The molecule has 1 atom stereocenters. The summed E-state index contributed by atoms with van der Waals surface area (Å²) in [5.74, 6) is 2.41. The SMILES string of the molecule is CCCNC(C)c1nc(CC2CC2)no1. The van der Waals surface area contributed by atoms with E-state index in [1.165, 1.54) is 12.8 Å². The Hall–Kier alpha value is -0.900. The van der Waals surface area contributed by atoms with E-state index in [9.17, 15) is 0 Å². The monoisotopic (exact) mass is 209 g/mol. The van der Waals surface area contributed by atoms with E-state index in [-0.39, 0.29) is 6.04 Å². The highest BCUT2D eigenvalue weighted by molar-refractivity contribution is 4.94. The Bertz CT molecular complexity index is 307. The van der Waals surface area contributed by atoms with E-state index in [1.807, 2.05) is 0 Å². The minimum atomic E-state index is 0.172. The van der Waals surface area contributed by atoms with Gasteiger partial charge in [-0.25, -0.2) is 0 Å².